The lowest BCUT2D eigenvalue weighted by Crippen LogP contribution is -2.29. The first-order valence-corrected chi connectivity index (χ1v) is 7.39. The van der Waals surface area contributed by atoms with Crippen molar-refractivity contribution in [2.24, 2.45) is 0 Å². The van der Waals surface area contributed by atoms with Gasteiger partial charge >= 0.3 is 0 Å². The molecule has 1 amide bonds. The Hall–Kier alpha value is -2.39. The smallest absolute Gasteiger partial charge is 0.255 e. The van der Waals surface area contributed by atoms with Gasteiger partial charge in [-0.05, 0) is 18.2 Å². The molecular formula is C15H13N3O2S. The molecule has 6 heteroatoms. The van der Waals surface area contributed by atoms with Crippen molar-refractivity contribution in [2.75, 3.05) is 13.7 Å². The van der Waals surface area contributed by atoms with E-state index < -0.39 is 6.04 Å². The van der Waals surface area contributed by atoms with Crippen LogP contribution in [0.3, 0.4) is 0 Å². The van der Waals surface area contributed by atoms with E-state index in [1.165, 1.54) is 0 Å². The molecule has 0 N–H and O–H groups in total. The third-order valence-electron chi connectivity index (χ3n) is 3.53. The van der Waals surface area contributed by atoms with Gasteiger partial charge in [-0.25, -0.2) is 4.98 Å². The zero-order valence-corrected chi connectivity index (χ0v) is 12.3. The number of nitrogens with zero attached hydrogens (tertiary/aromatic N) is 3. The Morgan fingerprint density at radius 2 is 2.38 bits per heavy atom. The molecule has 0 radical (unpaired) electrons. The Labute approximate surface area is 126 Å². The molecule has 3 rings (SSSR count). The van der Waals surface area contributed by atoms with Crippen LogP contribution in [0.25, 0.3) is 0 Å². The first-order chi connectivity index (χ1) is 10.2. The maximum absolute atomic E-state index is 12.4. The average Bonchev–Trinajstić information content (AvgIpc) is 3.11. The zero-order valence-electron chi connectivity index (χ0n) is 11.4. The van der Waals surface area contributed by atoms with Crippen molar-refractivity contribution in [3.63, 3.8) is 0 Å². The molecule has 1 aliphatic rings. The van der Waals surface area contributed by atoms with Gasteiger partial charge in [0.15, 0.2) is 0 Å². The number of thiazole rings is 1. The molecule has 0 spiro atoms. The van der Waals surface area contributed by atoms with Gasteiger partial charge in [0.05, 0.1) is 18.2 Å². The summed E-state index contributed by atoms with van der Waals surface area (Å²) in [5.74, 6) is 0.555. The van der Waals surface area contributed by atoms with Crippen LogP contribution in [0.5, 0.6) is 5.75 Å². The Bertz CT molecular complexity index is 706. The predicted octanol–water partition coefficient (Wildman–Crippen LogP) is 2.41. The topological polar surface area (TPSA) is 66.2 Å². The van der Waals surface area contributed by atoms with Crippen LogP contribution in [0.15, 0.2) is 29.8 Å². The summed E-state index contributed by atoms with van der Waals surface area (Å²) in [5, 5.41) is 12.3. The Balaban J connectivity index is 1.86. The van der Waals surface area contributed by atoms with Crippen molar-refractivity contribution in [1.82, 2.24) is 9.88 Å². The minimum absolute atomic E-state index is 0.101. The van der Waals surface area contributed by atoms with Gasteiger partial charge < -0.3 is 9.64 Å². The van der Waals surface area contributed by atoms with Crippen LogP contribution in [-0.2, 0) is 6.42 Å². The van der Waals surface area contributed by atoms with Crippen LogP contribution in [0.2, 0.25) is 0 Å². The highest BCUT2D eigenvalue weighted by Crippen LogP contribution is 2.35. The molecule has 0 saturated heterocycles. The summed E-state index contributed by atoms with van der Waals surface area (Å²) in [6.45, 7) is 0.488. The number of ether oxygens (including phenoxy) is 1. The van der Waals surface area contributed by atoms with Crippen molar-refractivity contribution in [3.05, 3.63) is 45.9 Å². The Morgan fingerprint density at radius 1 is 1.52 bits per heavy atom. The van der Waals surface area contributed by atoms with E-state index in [1.807, 2.05) is 5.38 Å². The molecular weight excluding hydrogens is 286 g/mol. The lowest BCUT2D eigenvalue weighted by Gasteiger charge is -2.19. The third kappa shape index (κ3) is 2.36. The molecule has 5 nitrogen and oxygen atoms in total. The summed E-state index contributed by atoms with van der Waals surface area (Å²) in [7, 11) is 1.57. The zero-order chi connectivity index (χ0) is 14.8. The normalized spacial score (nSPS) is 16.7. The van der Waals surface area contributed by atoms with Crippen molar-refractivity contribution in [1.29, 1.82) is 5.26 Å². The molecule has 21 heavy (non-hydrogen) atoms. The average molecular weight is 299 g/mol. The molecule has 106 valence electrons. The fraction of sp³-hybridized carbons (Fsp3) is 0.267. The molecule has 1 atom stereocenters. The predicted molar refractivity (Wildman–Crippen MR) is 78.2 cm³/mol. The van der Waals surface area contributed by atoms with Crippen LogP contribution in [-0.4, -0.2) is 29.4 Å². The summed E-state index contributed by atoms with van der Waals surface area (Å²) >= 11 is 1.55. The Kier molecular flexibility index (Phi) is 3.59. The highest BCUT2D eigenvalue weighted by atomic mass is 32.1. The van der Waals surface area contributed by atoms with E-state index in [4.69, 9.17) is 4.74 Å². The van der Waals surface area contributed by atoms with Gasteiger partial charge in [-0.3, -0.25) is 4.79 Å². The molecule has 1 unspecified atom stereocenters. The number of amides is 1. The van der Waals surface area contributed by atoms with Crippen molar-refractivity contribution in [2.45, 2.75) is 12.5 Å². The fourth-order valence-electron chi connectivity index (χ4n) is 2.49. The summed E-state index contributed by atoms with van der Waals surface area (Å²) in [5.41, 5.74) is 1.31. The molecule has 1 aromatic carbocycles. The van der Waals surface area contributed by atoms with Gasteiger partial charge in [0.25, 0.3) is 5.91 Å². The van der Waals surface area contributed by atoms with Gasteiger partial charge in [0.2, 0.25) is 0 Å². The summed E-state index contributed by atoms with van der Waals surface area (Å²) < 4.78 is 5.17. The standard InChI is InChI=1S/C15H13N3O2S/c1-20-10-2-3-11-12(8-10)13(9-16)18(15(11)19)6-4-14-17-5-7-21-14/h2-3,5,7-8,13H,4,6H2,1H3. The van der Waals surface area contributed by atoms with Crippen molar-refractivity contribution >= 4 is 17.2 Å². The molecule has 2 heterocycles. The van der Waals surface area contributed by atoms with Crippen LogP contribution in [0, 0.1) is 11.3 Å². The maximum Gasteiger partial charge on any atom is 0.255 e. The van der Waals surface area contributed by atoms with E-state index in [0.717, 1.165) is 10.6 Å². The molecule has 0 bridgehead atoms. The molecule has 0 saturated carbocycles. The Morgan fingerprint density at radius 3 is 3.05 bits per heavy atom. The number of fused-ring (bicyclic) bond motifs is 1. The quantitative estimate of drug-likeness (QED) is 0.869. The highest BCUT2D eigenvalue weighted by molar-refractivity contribution is 7.09. The number of carbonyl (C=O) groups is 1. The van der Waals surface area contributed by atoms with E-state index >= 15 is 0 Å². The molecule has 1 aliphatic heterocycles. The van der Waals surface area contributed by atoms with Crippen LogP contribution >= 0.6 is 11.3 Å². The van der Waals surface area contributed by atoms with Gasteiger partial charge in [-0.15, -0.1) is 11.3 Å². The van der Waals surface area contributed by atoms with Gasteiger partial charge in [-0.2, -0.15) is 5.26 Å². The summed E-state index contributed by atoms with van der Waals surface area (Å²) in [4.78, 5) is 18.3. The fourth-order valence-corrected chi connectivity index (χ4v) is 3.10. The van der Waals surface area contributed by atoms with E-state index in [1.54, 1.807) is 47.7 Å². The van der Waals surface area contributed by atoms with E-state index in [9.17, 15) is 10.1 Å². The number of nitriles is 1. The number of methoxy groups -OCH3 is 1. The molecule has 0 aliphatic carbocycles. The first kappa shape index (κ1) is 13.6. The molecule has 0 fully saturated rings. The molecule has 1 aromatic heterocycles. The lowest BCUT2D eigenvalue weighted by atomic mass is 10.1. The SMILES string of the molecule is COc1ccc2c(c1)C(C#N)N(CCc1nccs1)C2=O. The van der Waals surface area contributed by atoms with Crippen LogP contribution in [0.1, 0.15) is 27.0 Å². The van der Waals surface area contributed by atoms with Crippen molar-refractivity contribution in [3.8, 4) is 11.8 Å². The monoisotopic (exact) mass is 299 g/mol. The number of hydrogen-bond donors (Lipinski definition) is 0. The second-order valence-electron chi connectivity index (χ2n) is 4.66. The van der Waals surface area contributed by atoms with Gasteiger partial charge in [0, 0.05) is 35.7 Å². The van der Waals surface area contributed by atoms with Gasteiger partial charge in [-0.1, -0.05) is 0 Å². The largest absolute Gasteiger partial charge is 0.497 e. The third-order valence-corrected chi connectivity index (χ3v) is 4.37. The maximum atomic E-state index is 12.4. The van der Waals surface area contributed by atoms with E-state index in [-0.39, 0.29) is 5.91 Å². The number of benzene rings is 1. The van der Waals surface area contributed by atoms with E-state index in [2.05, 4.69) is 11.1 Å². The minimum Gasteiger partial charge on any atom is -0.497 e. The second-order valence-corrected chi connectivity index (χ2v) is 5.64. The number of rotatable bonds is 4. The summed E-state index contributed by atoms with van der Waals surface area (Å²) in [6, 6.07) is 6.90. The number of aromatic nitrogens is 1. The minimum atomic E-state index is -0.553. The van der Waals surface area contributed by atoms with E-state index in [0.29, 0.717) is 24.3 Å². The lowest BCUT2D eigenvalue weighted by molar-refractivity contribution is 0.0759. The van der Waals surface area contributed by atoms with Crippen LogP contribution < -0.4 is 4.74 Å². The first-order valence-electron chi connectivity index (χ1n) is 6.51. The van der Waals surface area contributed by atoms with Crippen molar-refractivity contribution < 1.29 is 9.53 Å². The molecule has 2 aromatic rings. The second kappa shape index (κ2) is 5.54. The highest BCUT2D eigenvalue weighted by Gasteiger charge is 2.36. The number of hydrogen-bond acceptors (Lipinski definition) is 5. The van der Waals surface area contributed by atoms with Gasteiger partial charge in [0.1, 0.15) is 11.8 Å². The summed E-state index contributed by atoms with van der Waals surface area (Å²) in [6.07, 6.45) is 2.40. The van der Waals surface area contributed by atoms with Crippen LogP contribution in [0.4, 0.5) is 0 Å². The number of carbonyl (C=O) groups excluding carboxylic acids is 1.